The van der Waals surface area contributed by atoms with Crippen molar-refractivity contribution < 1.29 is 19.4 Å². The Bertz CT molecular complexity index is 786. The summed E-state index contributed by atoms with van der Waals surface area (Å²) in [5.41, 5.74) is 1.71. The fourth-order valence-corrected chi connectivity index (χ4v) is 3.46. The van der Waals surface area contributed by atoms with Crippen LogP contribution in [-0.2, 0) is 4.79 Å². The van der Waals surface area contributed by atoms with Gasteiger partial charge in [0.25, 0.3) is 5.91 Å². The minimum Gasteiger partial charge on any atom is -0.496 e. The van der Waals surface area contributed by atoms with Gasteiger partial charge in [0, 0.05) is 17.7 Å². The molecular formula is C19H19NO4. The number of hydrogen-bond acceptors (Lipinski definition) is 3. The Morgan fingerprint density at radius 1 is 1.12 bits per heavy atom. The number of methoxy groups -OCH3 is 1. The van der Waals surface area contributed by atoms with Crippen LogP contribution in [0.2, 0.25) is 0 Å². The maximum absolute atomic E-state index is 12.9. The molecule has 2 aromatic carbocycles. The Morgan fingerprint density at radius 2 is 1.75 bits per heavy atom. The summed E-state index contributed by atoms with van der Waals surface area (Å²) >= 11 is 0. The first-order chi connectivity index (χ1) is 11.6. The van der Waals surface area contributed by atoms with Crippen molar-refractivity contribution in [1.82, 2.24) is 4.90 Å². The van der Waals surface area contributed by atoms with E-state index in [4.69, 9.17) is 4.74 Å². The summed E-state index contributed by atoms with van der Waals surface area (Å²) in [6, 6.07) is 13.6. The summed E-state index contributed by atoms with van der Waals surface area (Å²) in [4.78, 5) is 26.6. The molecule has 0 aromatic heterocycles. The van der Waals surface area contributed by atoms with Gasteiger partial charge in [0.15, 0.2) is 0 Å². The van der Waals surface area contributed by atoms with E-state index in [1.54, 1.807) is 42.3 Å². The second-order valence-electron chi connectivity index (χ2n) is 5.68. The average Bonchev–Trinajstić information content (AvgIpc) is 2.61. The molecule has 0 spiro atoms. The van der Waals surface area contributed by atoms with Crippen molar-refractivity contribution in [3.63, 3.8) is 0 Å². The van der Waals surface area contributed by atoms with E-state index in [9.17, 15) is 14.7 Å². The van der Waals surface area contributed by atoms with Crippen LogP contribution in [0, 0.1) is 0 Å². The third-order valence-electron chi connectivity index (χ3n) is 4.50. The number of fused-ring (bicyclic) bond motifs is 1. The maximum Gasteiger partial charge on any atom is 0.313 e. The smallest absolute Gasteiger partial charge is 0.313 e. The summed E-state index contributed by atoms with van der Waals surface area (Å²) in [5, 5.41) is 9.90. The molecule has 5 heteroatoms. The molecule has 1 N–H and O–H groups in total. The van der Waals surface area contributed by atoms with Gasteiger partial charge in [-0.3, -0.25) is 9.59 Å². The van der Waals surface area contributed by atoms with Gasteiger partial charge in [0.1, 0.15) is 11.7 Å². The lowest BCUT2D eigenvalue weighted by Crippen LogP contribution is -2.44. The predicted molar refractivity (Wildman–Crippen MR) is 89.3 cm³/mol. The minimum absolute atomic E-state index is 0.151. The Morgan fingerprint density at radius 3 is 2.38 bits per heavy atom. The molecule has 0 bridgehead atoms. The normalized spacial score (nSPS) is 19.8. The first-order valence-corrected chi connectivity index (χ1v) is 7.85. The van der Waals surface area contributed by atoms with Gasteiger partial charge in [0.2, 0.25) is 0 Å². The first-order valence-electron chi connectivity index (χ1n) is 7.85. The number of aliphatic carboxylic acids is 1. The molecule has 24 heavy (non-hydrogen) atoms. The quantitative estimate of drug-likeness (QED) is 0.938. The van der Waals surface area contributed by atoms with Crippen LogP contribution in [0.25, 0.3) is 0 Å². The Kier molecular flexibility index (Phi) is 4.25. The number of amides is 1. The summed E-state index contributed by atoms with van der Waals surface area (Å²) in [7, 11) is 1.55. The molecule has 2 aromatic rings. The van der Waals surface area contributed by atoms with Crippen LogP contribution in [0.5, 0.6) is 5.75 Å². The van der Waals surface area contributed by atoms with Crippen LogP contribution in [0.4, 0.5) is 0 Å². The number of ether oxygens (including phenoxy) is 1. The SMILES string of the molecule is CCN1C(=O)c2ccccc2[C@H](C(=O)O)[C@H]1c1ccccc1OC. The zero-order valence-electron chi connectivity index (χ0n) is 13.6. The molecule has 0 radical (unpaired) electrons. The molecule has 3 rings (SSSR count). The van der Waals surface area contributed by atoms with E-state index >= 15 is 0 Å². The first kappa shape index (κ1) is 16.1. The largest absolute Gasteiger partial charge is 0.496 e. The molecule has 1 amide bonds. The van der Waals surface area contributed by atoms with E-state index in [-0.39, 0.29) is 5.91 Å². The number of hydrogen-bond donors (Lipinski definition) is 1. The molecule has 5 nitrogen and oxygen atoms in total. The third kappa shape index (κ3) is 2.42. The highest BCUT2D eigenvalue weighted by atomic mass is 16.5. The Hall–Kier alpha value is -2.82. The Balaban J connectivity index is 2.25. The van der Waals surface area contributed by atoms with Crippen molar-refractivity contribution in [3.8, 4) is 5.75 Å². The van der Waals surface area contributed by atoms with Gasteiger partial charge < -0.3 is 14.7 Å². The van der Waals surface area contributed by atoms with Crippen molar-refractivity contribution in [2.45, 2.75) is 18.9 Å². The van der Waals surface area contributed by atoms with Crippen LogP contribution in [0.15, 0.2) is 48.5 Å². The third-order valence-corrected chi connectivity index (χ3v) is 4.50. The molecular weight excluding hydrogens is 306 g/mol. The fraction of sp³-hybridized carbons (Fsp3) is 0.263. The zero-order valence-corrected chi connectivity index (χ0v) is 13.6. The molecule has 0 fully saturated rings. The van der Waals surface area contributed by atoms with Crippen LogP contribution in [0.3, 0.4) is 0 Å². The average molecular weight is 325 g/mol. The van der Waals surface area contributed by atoms with Crippen LogP contribution >= 0.6 is 0 Å². The van der Waals surface area contributed by atoms with Crippen LogP contribution < -0.4 is 4.74 Å². The standard InChI is InChI=1S/C19H19NO4/c1-3-20-17(14-10-6-7-11-15(14)24-2)16(19(22)23)12-8-4-5-9-13(12)18(20)21/h4-11,16-17H,3H2,1-2H3,(H,22,23)/t16-,17+/m0/s1. The summed E-state index contributed by atoms with van der Waals surface area (Å²) in [5.74, 6) is -1.36. The molecule has 0 saturated carbocycles. The molecule has 0 saturated heterocycles. The Labute approximate surface area is 140 Å². The van der Waals surface area contributed by atoms with Crippen molar-refractivity contribution in [1.29, 1.82) is 0 Å². The van der Waals surface area contributed by atoms with Gasteiger partial charge in [-0.15, -0.1) is 0 Å². The molecule has 1 aliphatic rings. The molecule has 124 valence electrons. The number of carboxylic acids is 1. The van der Waals surface area contributed by atoms with Crippen molar-refractivity contribution in [2.24, 2.45) is 0 Å². The molecule has 0 aliphatic carbocycles. The minimum atomic E-state index is -0.954. The number of benzene rings is 2. The van der Waals surface area contributed by atoms with Crippen LogP contribution in [0.1, 0.15) is 40.4 Å². The highest BCUT2D eigenvalue weighted by molar-refractivity contribution is 6.00. The molecule has 2 atom stereocenters. The summed E-state index contributed by atoms with van der Waals surface area (Å²) < 4.78 is 5.41. The van der Waals surface area contributed by atoms with E-state index in [1.807, 2.05) is 25.1 Å². The maximum atomic E-state index is 12.9. The number of likely N-dealkylation sites (N-methyl/N-ethyl adjacent to an activating group) is 1. The number of carbonyl (C=O) groups excluding carboxylic acids is 1. The lowest BCUT2D eigenvalue weighted by atomic mass is 9.79. The highest BCUT2D eigenvalue weighted by Gasteiger charge is 2.44. The zero-order chi connectivity index (χ0) is 17.3. The van der Waals surface area contributed by atoms with Gasteiger partial charge in [-0.25, -0.2) is 0 Å². The van der Waals surface area contributed by atoms with Gasteiger partial charge in [-0.1, -0.05) is 36.4 Å². The van der Waals surface area contributed by atoms with Crippen molar-refractivity contribution >= 4 is 11.9 Å². The second-order valence-corrected chi connectivity index (χ2v) is 5.68. The number of carbonyl (C=O) groups is 2. The fourth-order valence-electron chi connectivity index (χ4n) is 3.46. The van der Waals surface area contributed by atoms with Crippen molar-refractivity contribution in [3.05, 3.63) is 65.2 Å². The number of nitrogens with zero attached hydrogens (tertiary/aromatic N) is 1. The lowest BCUT2D eigenvalue weighted by Gasteiger charge is -2.40. The predicted octanol–water partition coefficient (Wildman–Crippen LogP) is 3.08. The van der Waals surface area contributed by atoms with Gasteiger partial charge in [-0.05, 0) is 24.6 Å². The topological polar surface area (TPSA) is 66.8 Å². The van der Waals surface area contributed by atoms with Gasteiger partial charge in [-0.2, -0.15) is 0 Å². The highest BCUT2D eigenvalue weighted by Crippen LogP contribution is 2.45. The molecule has 1 heterocycles. The van der Waals surface area contributed by atoms with E-state index < -0.39 is 17.9 Å². The monoisotopic (exact) mass is 325 g/mol. The van der Waals surface area contributed by atoms with E-state index in [2.05, 4.69) is 0 Å². The second kappa shape index (κ2) is 6.35. The molecule has 1 aliphatic heterocycles. The van der Waals surface area contributed by atoms with E-state index in [0.29, 0.717) is 29.0 Å². The lowest BCUT2D eigenvalue weighted by molar-refractivity contribution is -0.140. The summed E-state index contributed by atoms with van der Waals surface area (Å²) in [6.07, 6.45) is 0. The summed E-state index contributed by atoms with van der Waals surface area (Å²) in [6.45, 7) is 2.27. The van der Waals surface area contributed by atoms with Gasteiger partial charge in [0.05, 0.1) is 13.2 Å². The van der Waals surface area contributed by atoms with Gasteiger partial charge >= 0.3 is 5.97 Å². The number of rotatable bonds is 4. The van der Waals surface area contributed by atoms with E-state index in [0.717, 1.165) is 0 Å². The number of carboxylic acid groups (broad SMARTS) is 1. The number of para-hydroxylation sites is 1. The molecule has 0 unspecified atom stereocenters. The van der Waals surface area contributed by atoms with E-state index in [1.165, 1.54) is 0 Å². The van der Waals surface area contributed by atoms with Crippen LogP contribution in [-0.4, -0.2) is 35.5 Å². The van der Waals surface area contributed by atoms with Crippen molar-refractivity contribution in [2.75, 3.05) is 13.7 Å².